The first-order valence-electron chi connectivity index (χ1n) is 4.68. The summed E-state index contributed by atoms with van der Waals surface area (Å²) in [6.07, 6.45) is 0. The van der Waals surface area contributed by atoms with Crippen molar-refractivity contribution in [3.63, 3.8) is 0 Å². The second-order valence-corrected chi connectivity index (χ2v) is 3.43. The van der Waals surface area contributed by atoms with Gasteiger partial charge in [-0.2, -0.15) is 5.26 Å². The molecular formula is C12H9NO3. The Morgan fingerprint density at radius 1 is 1.38 bits per heavy atom. The predicted molar refractivity (Wildman–Crippen MR) is 58.5 cm³/mol. The van der Waals surface area contributed by atoms with Gasteiger partial charge < -0.3 is 9.15 Å². The van der Waals surface area contributed by atoms with E-state index in [9.17, 15) is 4.79 Å². The van der Waals surface area contributed by atoms with Gasteiger partial charge in [-0.05, 0) is 19.1 Å². The van der Waals surface area contributed by atoms with Crippen LogP contribution in [0.5, 0.6) is 5.75 Å². The molecule has 0 unspecified atom stereocenters. The fourth-order valence-corrected chi connectivity index (χ4v) is 1.52. The van der Waals surface area contributed by atoms with E-state index in [2.05, 4.69) is 0 Å². The number of hydrogen-bond acceptors (Lipinski definition) is 4. The van der Waals surface area contributed by atoms with E-state index in [1.54, 1.807) is 25.1 Å². The average molecular weight is 215 g/mol. The van der Waals surface area contributed by atoms with Crippen molar-refractivity contribution >= 4 is 11.0 Å². The molecule has 0 bridgehead atoms. The van der Waals surface area contributed by atoms with Crippen LogP contribution in [0.15, 0.2) is 27.4 Å². The molecule has 1 heterocycles. The molecule has 0 N–H and O–H groups in total. The molecule has 0 radical (unpaired) electrons. The summed E-state index contributed by atoms with van der Waals surface area (Å²) in [5.41, 5.74) is 0.954. The Kier molecular flexibility index (Phi) is 2.37. The summed E-state index contributed by atoms with van der Waals surface area (Å²) >= 11 is 0. The first-order chi connectivity index (χ1) is 7.65. The van der Waals surface area contributed by atoms with Crippen molar-refractivity contribution in [3.05, 3.63) is 39.7 Å². The highest BCUT2D eigenvalue weighted by Crippen LogP contribution is 2.26. The van der Waals surface area contributed by atoms with Crippen molar-refractivity contribution in [3.8, 4) is 11.8 Å². The van der Waals surface area contributed by atoms with Gasteiger partial charge in [0.05, 0.1) is 18.7 Å². The maximum atomic E-state index is 11.4. The number of aryl methyl sites for hydroxylation is 1. The standard InChI is InChI=1S/C12H9NO3/c1-7-3-9-4-8(6-13)5-10(15-2)11(9)16-12(7)14/h3-5H,1-2H3. The van der Waals surface area contributed by atoms with Gasteiger partial charge in [0.2, 0.25) is 0 Å². The van der Waals surface area contributed by atoms with E-state index in [-0.39, 0.29) is 0 Å². The summed E-state index contributed by atoms with van der Waals surface area (Å²) in [5, 5.41) is 9.53. The molecule has 2 aromatic rings. The molecule has 4 nitrogen and oxygen atoms in total. The van der Waals surface area contributed by atoms with Crippen LogP contribution in [0, 0.1) is 18.3 Å². The highest BCUT2D eigenvalue weighted by atomic mass is 16.5. The summed E-state index contributed by atoms with van der Waals surface area (Å²) in [4.78, 5) is 11.4. The number of hydrogen-bond donors (Lipinski definition) is 0. The fourth-order valence-electron chi connectivity index (χ4n) is 1.52. The number of rotatable bonds is 1. The molecule has 1 aromatic carbocycles. The molecule has 0 atom stereocenters. The van der Waals surface area contributed by atoms with Gasteiger partial charge in [0.25, 0.3) is 0 Å². The second kappa shape index (κ2) is 3.70. The van der Waals surface area contributed by atoms with E-state index >= 15 is 0 Å². The molecule has 0 saturated heterocycles. The topological polar surface area (TPSA) is 63.2 Å². The molecule has 0 spiro atoms. The van der Waals surface area contributed by atoms with Gasteiger partial charge >= 0.3 is 5.63 Å². The maximum absolute atomic E-state index is 11.4. The molecule has 0 saturated carbocycles. The Morgan fingerprint density at radius 2 is 2.12 bits per heavy atom. The predicted octanol–water partition coefficient (Wildman–Crippen LogP) is 1.98. The Balaban J connectivity index is 2.91. The molecule has 0 aliphatic heterocycles. The molecule has 1 aromatic heterocycles. The summed E-state index contributed by atoms with van der Waals surface area (Å²) in [6, 6.07) is 6.92. The summed E-state index contributed by atoms with van der Waals surface area (Å²) < 4.78 is 10.2. The molecule has 0 aliphatic carbocycles. The Hall–Kier alpha value is -2.28. The summed E-state index contributed by atoms with van der Waals surface area (Å²) in [5.74, 6) is 0.395. The van der Waals surface area contributed by atoms with Gasteiger partial charge in [-0.3, -0.25) is 0 Å². The van der Waals surface area contributed by atoms with E-state index in [0.717, 1.165) is 0 Å². The third-order valence-electron chi connectivity index (χ3n) is 2.32. The van der Waals surface area contributed by atoms with Gasteiger partial charge in [-0.25, -0.2) is 4.79 Å². The van der Waals surface area contributed by atoms with E-state index in [1.807, 2.05) is 6.07 Å². The number of methoxy groups -OCH3 is 1. The van der Waals surface area contributed by atoms with Crippen molar-refractivity contribution in [1.29, 1.82) is 5.26 Å². The summed E-state index contributed by atoms with van der Waals surface area (Å²) in [6.45, 7) is 1.66. The number of benzene rings is 1. The third kappa shape index (κ3) is 1.52. The van der Waals surface area contributed by atoms with E-state index in [0.29, 0.717) is 27.8 Å². The van der Waals surface area contributed by atoms with Crippen LogP contribution in [0.1, 0.15) is 11.1 Å². The van der Waals surface area contributed by atoms with Crippen molar-refractivity contribution < 1.29 is 9.15 Å². The molecule has 80 valence electrons. The SMILES string of the molecule is COc1cc(C#N)cc2cc(C)c(=O)oc12. The van der Waals surface area contributed by atoms with E-state index in [4.69, 9.17) is 14.4 Å². The van der Waals surface area contributed by atoms with Crippen molar-refractivity contribution in [1.82, 2.24) is 0 Å². The Labute approximate surface area is 91.7 Å². The molecule has 0 amide bonds. The minimum Gasteiger partial charge on any atom is -0.493 e. The molecular weight excluding hydrogens is 206 g/mol. The van der Waals surface area contributed by atoms with Gasteiger partial charge in [0.15, 0.2) is 11.3 Å². The van der Waals surface area contributed by atoms with Gasteiger partial charge in [-0.1, -0.05) is 0 Å². The van der Waals surface area contributed by atoms with Crippen LogP contribution in [-0.2, 0) is 0 Å². The fraction of sp³-hybridized carbons (Fsp3) is 0.167. The molecule has 16 heavy (non-hydrogen) atoms. The molecule has 4 heteroatoms. The van der Waals surface area contributed by atoms with Crippen LogP contribution in [0.2, 0.25) is 0 Å². The Morgan fingerprint density at radius 3 is 2.75 bits per heavy atom. The highest BCUT2D eigenvalue weighted by Gasteiger charge is 2.09. The van der Waals surface area contributed by atoms with Crippen LogP contribution in [0.25, 0.3) is 11.0 Å². The summed E-state index contributed by atoms with van der Waals surface area (Å²) in [7, 11) is 1.47. The van der Waals surface area contributed by atoms with Gasteiger partial charge in [-0.15, -0.1) is 0 Å². The van der Waals surface area contributed by atoms with Crippen molar-refractivity contribution in [2.75, 3.05) is 7.11 Å². The lowest BCUT2D eigenvalue weighted by atomic mass is 10.1. The van der Waals surface area contributed by atoms with E-state index < -0.39 is 5.63 Å². The smallest absolute Gasteiger partial charge is 0.339 e. The number of fused-ring (bicyclic) bond motifs is 1. The largest absolute Gasteiger partial charge is 0.493 e. The first-order valence-corrected chi connectivity index (χ1v) is 4.68. The van der Waals surface area contributed by atoms with Crippen LogP contribution in [0.4, 0.5) is 0 Å². The van der Waals surface area contributed by atoms with Crippen LogP contribution < -0.4 is 10.4 Å². The lowest BCUT2D eigenvalue weighted by molar-refractivity contribution is 0.406. The Bertz CT molecular complexity index is 650. The molecule has 0 fully saturated rings. The minimum atomic E-state index is -0.393. The molecule has 0 aliphatic rings. The zero-order valence-electron chi connectivity index (χ0n) is 8.90. The second-order valence-electron chi connectivity index (χ2n) is 3.43. The van der Waals surface area contributed by atoms with Crippen LogP contribution in [-0.4, -0.2) is 7.11 Å². The quantitative estimate of drug-likeness (QED) is 0.682. The zero-order chi connectivity index (χ0) is 11.7. The monoisotopic (exact) mass is 215 g/mol. The highest BCUT2D eigenvalue weighted by molar-refractivity contribution is 5.84. The minimum absolute atomic E-state index is 0.372. The van der Waals surface area contributed by atoms with Gasteiger partial charge in [0, 0.05) is 17.0 Å². The van der Waals surface area contributed by atoms with Gasteiger partial charge in [0.1, 0.15) is 0 Å². The first kappa shape index (κ1) is 10.2. The third-order valence-corrected chi connectivity index (χ3v) is 2.32. The van der Waals surface area contributed by atoms with Crippen molar-refractivity contribution in [2.24, 2.45) is 0 Å². The lowest BCUT2D eigenvalue weighted by Crippen LogP contribution is -2.02. The van der Waals surface area contributed by atoms with Crippen LogP contribution >= 0.6 is 0 Å². The number of nitriles is 1. The van der Waals surface area contributed by atoms with Crippen molar-refractivity contribution in [2.45, 2.75) is 6.92 Å². The zero-order valence-corrected chi connectivity index (χ0v) is 8.90. The normalized spacial score (nSPS) is 10.1. The number of nitrogens with zero attached hydrogens (tertiary/aromatic N) is 1. The maximum Gasteiger partial charge on any atom is 0.339 e. The molecule has 2 rings (SSSR count). The van der Waals surface area contributed by atoms with Crippen LogP contribution in [0.3, 0.4) is 0 Å². The van der Waals surface area contributed by atoms with E-state index in [1.165, 1.54) is 7.11 Å². The number of ether oxygens (including phenoxy) is 1. The lowest BCUT2D eigenvalue weighted by Gasteiger charge is -2.04. The average Bonchev–Trinajstić information content (AvgIpc) is 2.29.